The first-order valence-corrected chi connectivity index (χ1v) is 17.1. The predicted molar refractivity (Wildman–Crippen MR) is 168 cm³/mol. The van der Waals surface area contributed by atoms with Gasteiger partial charge in [-0.25, -0.2) is 4.79 Å². The highest BCUT2D eigenvalue weighted by Gasteiger charge is 2.65. The molecule has 0 saturated heterocycles. The van der Waals surface area contributed by atoms with Gasteiger partial charge in [-0.05, 0) is 117 Å². The van der Waals surface area contributed by atoms with Crippen molar-refractivity contribution in [3.8, 4) is 17.2 Å². The van der Waals surface area contributed by atoms with Gasteiger partial charge in [0.25, 0.3) is 5.89 Å². The highest BCUT2D eigenvalue weighted by molar-refractivity contribution is 5.85. The lowest BCUT2D eigenvalue weighted by molar-refractivity contribution is -0.207. The lowest BCUT2D eigenvalue weighted by Gasteiger charge is -2.63. The molecule has 45 heavy (non-hydrogen) atoms. The van der Waals surface area contributed by atoms with Crippen LogP contribution in [0.25, 0.3) is 22.4 Å². The van der Waals surface area contributed by atoms with Crippen LogP contribution in [0.1, 0.15) is 85.0 Å². The second kappa shape index (κ2) is 11.5. The third kappa shape index (κ3) is 4.95. The first kappa shape index (κ1) is 30.9. The summed E-state index contributed by atoms with van der Waals surface area (Å²) >= 11 is 0. The molecule has 4 saturated carbocycles. The van der Waals surface area contributed by atoms with Gasteiger partial charge in [-0.3, -0.25) is 0 Å². The third-order valence-corrected chi connectivity index (χ3v) is 13.1. The smallest absolute Gasteiger partial charge is 0.349 e. The van der Waals surface area contributed by atoms with Gasteiger partial charge in [0, 0.05) is 11.8 Å². The maximum atomic E-state index is 12.9. The van der Waals surface area contributed by atoms with Crippen LogP contribution in [0.2, 0.25) is 0 Å². The molecular weight excluding hydrogens is 572 g/mol. The number of hydrogen-bond acceptors (Lipinski definition) is 9. The Bertz CT molecular complexity index is 1600. The summed E-state index contributed by atoms with van der Waals surface area (Å²) < 4.78 is 17.2. The van der Waals surface area contributed by atoms with E-state index in [1.165, 1.54) is 0 Å². The molecular formula is C36H48N2O7. The largest absolute Gasteiger partial charge is 0.490 e. The minimum Gasteiger partial charge on any atom is -0.490 e. The average molecular weight is 621 g/mol. The van der Waals surface area contributed by atoms with Gasteiger partial charge in [0.1, 0.15) is 5.56 Å². The molecule has 11 atom stereocenters. The number of aromatic nitrogens is 2. The van der Waals surface area contributed by atoms with Crippen molar-refractivity contribution < 1.29 is 28.9 Å². The van der Waals surface area contributed by atoms with Crippen molar-refractivity contribution in [3.63, 3.8) is 0 Å². The molecule has 9 nitrogen and oxygen atoms in total. The number of aliphatic hydroxyl groups is 3. The molecule has 4 fully saturated rings. The number of ether oxygens (including phenoxy) is 1. The number of aryl methyl sites for hydroxylation is 1. The standard InChI is InChI=1S/C36H48N2O7/c1-5-43-28-8-6-7-20-15-23(34(42)45-32(20)28)33-38-37-30(44-33)12-9-19(2)24-10-11-25-31-26(18-29(41)36(24,25)4)35(3)14-13-22(39)16-21(35)17-27(31)40/h6-8,15,19,21-22,24-27,29,31,39-41H,5,9-14,16-18H2,1-4H3/t19-,21?,22-,24-,25?,26?,27-,29+,31?,35+,36-/m1/s1. The van der Waals surface area contributed by atoms with E-state index in [1.54, 1.807) is 12.1 Å². The molecule has 9 heteroatoms. The van der Waals surface area contributed by atoms with Crippen molar-refractivity contribution in [2.24, 2.45) is 46.3 Å². The molecule has 4 unspecified atom stereocenters. The molecule has 4 aliphatic rings. The minimum atomic E-state index is -0.554. The van der Waals surface area contributed by atoms with Gasteiger partial charge in [-0.15, -0.1) is 10.2 Å². The normalized spacial score (nSPS) is 38.4. The second-order valence-electron chi connectivity index (χ2n) is 15.1. The molecule has 0 amide bonds. The van der Waals surface area contributed by atoms with Gasteiger partial charge in [0.15, 0.2) is 11.3 Å². The van der Waals surface area contributed by atoms with E-state index in [-0.39, 0.29) is 52.2 Å². The van der Waals surface area contributed by atoms with Crippen LogP contribution < -0.4 is 10.4 Å². The van der Waals surface area contributed by atoms with Gasteiger partial charge < -0.3 is 28.9 Å². The average Bonchev–Trinajstić information content (AvgIpc) is 3.63. The number of rotatable bonds is 7. The number of para-hydroxylation sites is 1. The molecule has 0 bridgehead atoms. The van der Waals surface area contributed by atoms with E-state index in [2.05, 4.69) is 31.0 Å². The third-order valence-electron chi connectivity index (χ3n) is 13.1. The lowest BCUT2D eigenvalue weighted by atomic mass is 9.43. The maximum Gasteiger partial charge on any atom is 0.349 e. The van der Waals surface area contributed by atoms with E-state index in [9.17, 15) is 20.1 Å². The Labute approximate surface area is 264 Å². The number of aliphatic hydroxyl groups excluding tert-OH is 3. The fourth-order valence-corrected chi connectivity index (χ4v) is 10.7. The summed E-state index contributed by atoms with van der Waals surface area (Å²) in [6.07, 6.45) is 6.45. The van der Waals surface area contributed by atoms with Gasteiger partial charge in [-0.2, -0.15) is 0 Å². The number of hydrogen-bond donors (Lipinski definition) is 3. The van der Waals surface area contributed by atoms with E-state index in [1.807, 2.05) is 19.1 Å². The zero-order valence-electron chi connectivity index (χ0n) is 26.9. The Kier molecular flexibility index (Phi) is 7.89. The molecule has 7 rings (SSSR count). The van der Waals surface area contributed by atoms with Crippen LogP contribution in [0, 0.1) is 46.3 Å². The van der Waals surface area contributed by atoms with E-state index in [0.717, 1.165) is 56.8 Å². The zero-order valence-corrected chi connectivity index (χ0v) is 26.9. The molecule has 244 valence electrons. The molecule has 1 aromatic carbocycles. The molecule has 2 aromatic heterocycles. The van der Waals surface area contributed by atoms with Crippen LogP contribution in [0.4, 0.5) is 0 Å². The molecule has 2 heterocycles. The monoisotopic (exact) mass is 620 g/mol. The molecule has 0 spiro atoms. The topological polar surface area (TPSA) is 139 Å². The first-order valence-electron chi connectivity index (χ1n) is 17.1. The summed E-state index contributed by atoms with van der Waals surface area (Å²) in [4.78, 5) is 12.9. The summed E-state index contributed by atoms with van der Waals surface area (Å²) in [7, 11) is 0. The summed E-state index contributed by atoms with van der Waals surface area (Å²) in [6.45, 7) is 9.25. The van der Waals surface area contributed by atoms with Crippen LogP contribution in [-0.4, -0.2) is 50.4 Å². The Morgan fingerprint density at radius 1 is 1.04 bits per heavy atom. The van der Waals surface area contributed by atoms with Crippen molar-refractivity contribution in [3.05, 3.63) is 40.6 Å². The van der Waals surface area contributed by atoms with E-state index >= 15 is 0 Å². The van der Waals surface area contributed by atoms with E-state index in [4.69, 9.17) is 13.6 Å². The van der Waals surface area contributed by atoms with E-state index in [0.29, 0.717) is 48.0 Å². The Morgan fingerprint density at radius 2 is 1.87 bits per heavy atom. The number of nitrogens with zero attached hydrogens (tertiary/aromatic N) is 2. The molecule has 3 aromatic rings. The van der Waals surface area contributed by atoms with Crippen molar-refractivity contribution in [2.75, 3.05) is 6.61 Å². The number of fused-ring (bicyclic) bond motifs is 6. The summed E-state index contributed by atoms with van der Waals surface area (Å²) in [5, 5.41) is 43.0. The van der Waals surface area contributed by atoms with Gasteiger partial charge in [-0.1, -0.05) is 32.9 Å². The summed E-state index contributed by atoms with van der Waals surface area (Å²) in [5.74, 6) is 2.85. The highest BCUT2D eigenvalue weighted by Crippen LogP contribution is 2.68. The van der Waals surface area contributed by atoms with Crippen LogP contribution in [0.15, 0.2) is 37.9 Å². The molecule has 4 aliphatic carbocycles. The van der Waals surface area contributed by atoms with Crippen molar-refractivity contribution in [2.45, 2.75) is 104 Å². The van der Waals surface area contributed by atoms with Crippen LogP contribution in [0.5, 0.6) is 5.75 Å². The summed E-state index contributed by atoms with van der Waals surface area (Å²) in [6, 6.07) is 7.18. The summed E-state index contributed by atoms with van der Waals surface area (Å²) in [5.41, 5.74) is -0.124. The predicted octanol–water partition coefficient (Wildman–Crippen LogP) is 5.77. The fourth-order valence-electron chi connectivity index (χ4n) is 10.7. The first-order chi connectivity index (χ1) is 21.5. The second-order valence-corrected chi connectivity index (χ2v) is 15.1. The van der Waals surface area contributed by atoms with Crippen LogP contribution in [-0.2, 0) is 6.42 Å². The van der Waals surface area contributed by atoms with Gasteiger partial charge >= 0.3 is 5.63 Å². The Balaban J connectivity index is 1.06. The van der Waals surface area contributed by atoms with Crippen LogP contribution >= 0.6 is 0 Å². The molecule has 3 N–H and O–H groups in total. The minimum absolute atomic E-state index is 0.0681. The molecule has 0 radical (unpaired) electrons. The zero-order chi connectivity index (χ0) is 31.7. The maximum absolute atomic E-state index is 12.9. The lowest BCUT2D eigenvalue weighted by Crippen LogP contribution is -2.62. The number of benzene rings is 1. The molecule has 0 aliphatic heterocycles. The van der Waals surface area contributed by atoms with Crippen molar-refractivity contribution in [1.82, 2.24) is 10.2 Å². The van der Waals surface area contributed by atoms with Crippen LogP contribution in [0.3, 0.4) is 0 Å². The Morgan fingerprint density at radius 3 is 2.67 bits per heavy atom. The SMILES string of the molecule is CCOc1cccc2cc(-c3nnc(CC[C@@H](C)[C@H]4CCC5C6C(C[C@H](O)[C@@]54C)[C@@]4(C)CC[C@@H](O)CC4C[C@H]6O)o3)c(=O)oc12. The quantitative estimate of drug-likeness (QED) is 0.281. The Hall–Kier alpha value is -2.75. The van der Waals surface area contributed by atoms with Crippen molar-refractivity contribution in [1.29, 1.82) is 0 Å². The highest BCUT2D eigenvalue weighted by atomic mass is 16.5. The fraction of sp³-hybridized carbons (Fsp3) is 0.694. The van der Waals surface area contributed by atoms with Crippen molar-refractivity contribution >= 4 is 11.0 Å². The van der Waals surface area contributed by atoms with Gasteiger partial charge in [0.05, 0.1) is 24.9 Å². The van der Waals surface area contributed by atoms with E-state index < -0.39 is 11.7 Å². The van der Waals surface area contributed by atoms with Gasteiger partial charge in [0.2, 0.25) is 5.89 Å².